The second-order valence-corrected chi connectivity index (χ2v) is 5.00. The molecule has 2 unspecified atom stereocenters. The first-order valence-electron chi connectivity index (χ1n) is 7.04. The first-order chi connectivity index (χ1) is 11.3. The van der Waals surface area contributed by atoms with Crippen molar-refractivity contribution in [1.29, 1.82) is 0 Å². The Kier molecular flexibility index (Phi) is 7.36. The molecule has 1 aromatic heterocycles. The number of nitrogens with one attached hydrogen (secondary N) is 3. The minimum Gasteiger partial charge on any atom is -0.481 e. The van der Waals surface area contributed by atoms with E-state index in [2.05, 4.69) is 20.6 Å². The number of carboxylic acids is 2. The van der Waals surface area contributed by atoms with Crippen LogP contribution in [0.25, 0.3) is 0 Å². The van der Waals surface area contributed by atoms with E-state index in [9.17, 15) is 19.2 Å². The molecule has 2 amide bonds. The van der Waals surface area contributed by atoms with Crippen molar-refractivity contribution < 1.29 is 29.4 Å². The summed E-state index contributed by atoms with van der Waals surface area (Å²) in [5, 5.41) is 21.9. The summed E-state index contributed by atoms with van der Waals surface area (Å²) < 4.78 is 0. The summed E-state index contributed by atoms with van der Waals surface area (Å²) in [4.78, 5) is 51.4. The first kappa shape index (κ1) is 19.1. The predicted octanol–water partition coefficient (Wildman–Crippen LogP) is -2.17. The Bertz CT molecular complexity index is 588. The maximum atomic E-state index is 11.8. The molecule has 2 atom stereocenters. The third-order valence-electron chi connectivity index (χ3n) is 3.03. The topological polar surface area (TPSA) is 187 Å². The molecule has 7 N–H and O–H groups in total. The lowest BCUT2D eigenvalue weighted by molar-refractivity contribution is -0.143. The van der Waals surface area contributed by atoms with Crippen molar-refractivity contribution in [3.63, 3.8) is 0 Å². The summed E-state index contributed by atoms with van der Waals surface area (Å²) in [6.07, 6.45) is 2.49. The van der Waals surface area contributed by atoms with E-state index in [-0.39, 0.29) is 12.8 Å². The van der Waals surface area contributed by atoms with Gasteiger partial charge in [-0.3, -0.25) is 14.4 Å². The van der Waals surface area contributed by atoms with Gasteiger partial charge in [0.25, 0.3) is 0 Å². The Morgan fingerprint density at radius 3 is 2.54 bits per heavy atom. The van der Waals surface area contributed by atoms with Crippen molar-refractivity contribution in [1.82, 2.24) is 20.6 Å². The van der Waals surface area contributed by atoms with Gasteiger partial charge in [-0.15, -0.1) is 0 Å². The molecule has 0 aliphatic carbocycles. The summed E-state index contributed by atoms with van der Waals surface area (Å²) in [6, 6.07) is -2.25. The van der Waals surface area contributed by atoms with Crippen molar-refractivity contribution >= 4 is 23.8 Å². The number of aromatic nitrogens is 2. The SMILES string of the molecule is NC(Cc1cnc[nH]1)C(=O)NCC(=O)NC(CCC(=O)O)C(=O)O. The van der Waals surface area contributed by atoms with E-state index in [0.29, 0.717) is 5.69 Å². The van der Waals surface area contributed by atoms with Crippen molar-refractivity contribution in [2.45, 2.75) is 31.3 Å². The average molecular weight is 341 g/mol. The van der Waals surface area contributed by atoms with Gasteiger partial charge >= 0.3 is 11.9 Å². The van der Waals surface area contributed by atoms with Gasteiger partial charge in [0.05, 0.1) is 18.9 Å². The molecular weight excluding hydrogens is 322 g/mol. The van der Waals surface area contributed by atoms with E-state index in [1.54, 1.807) is 0 Å². The van der Waals surface area contributed by atoms with Gasteiger partial charge in [-0.05, 0) is 6.42 Å². The Balaban J connectivity index is 2.38. The van der Waals surface area contributed by atoms with Gasteiger partial charge in [-0.25, -0.2) is 9.78 Å². The van der Waals surface area contributed by atoms with Crippen LogP contribution in [-0.4, -0.2) is 62.6 Å². The zero-order valence-electron chi connectivity index (χ0n) is 12.7. The number of rotatable bonds is 10. The number of carboxylic acid groups (broad SMARTS) is 2. The molecule has 0 radical (unpaired) electrons. The number of aromatic amines is 1. The lowest BCUT2D eigenvalue weighted by Crippen LogP contribution is -2.49. The van der Waals surface area contributed by atoms with Crippen molar-refractivity contribution in [2.24, 2.45) is 5.73 Å². The highest BCUT2D eigenvalue weighted by Crippen LogP contribution is 1.98. The lowest BCUT2D eigenvalue weighted by atomic mass is 10.1. The maximum absolute atomic E-state index is 11.8. The summed E-state index contributed by atoms with van der Waals surface area (Å²) in [5.74, 6) is -3.87. The van der Waals surface area contributed by atoms with E-state index >= 15 is 0 Å². The fourth-order valence-corrected chi connectivity index (χ4v) is 1.79. The summed E-state index contributed by atoms with van der Waals surface area (Å²) in [5.41, 5.74) is 6.33. The molecule has 24 heavy (non-hydrogen) atoms. The second kappa shape index (κ2) is 9.25. The van der Waals surface area contributed by atoms with Gasteiger partial charge in [0.1, 0.15) is 6.04 Å². The van der Waals surface area contributed by atoms with Gasteiger partial charge in [-0.2, -0.15) is 0 Å². The highest BCUT2D eigenvalue weighted by atomic mass is 16.4. The van der Waals surface area contributed by atoms with E-state index in [4.69, 9.17) is 15.9 Å². The molecule has 0 spiro atoms. The van der Waals surface area contributed by atoms with Crippen LogP contribution in [0.2, 0.25) is 0 Å². The normalized spacial score (nSPS) is 12.9. The summed E-state index contributed by atoms with van der Waals surface area (Å²) >= 11 is 0. The molecule has 0 bridgehead atoms. The Labute approximate surface area is 136 Å². The molecule has 0 aliphatic rings. The van der Waals surface area contributed by atoms with Crippen LogP contribution >= 0.6 is 0 Å². The fourth-order valence-electron chi connectivity index (χ4n) is 1.79. The Morgan fingerprint density at radius 2 is 2.00 bits per heavy atom. The van der Waals surface area contributed by atoms with Crippen molar-refractivity contribution in [3.05, 3.63) is 18.2 Å². The summed E-state index contributed by atoms with van der Waals surface area (Å²) in [7, 11) is 0. The minimum absolute atomic E-state index is 0.198. The van der Waals surface area contributed by atoms with Crippen LogP contribution in [0.4, 0.5) is 0 Å². The van der Waals surface area contributed by atoms with Crippen LogP contribution in [0, 0.1) is 0 Å². The van der Waals surface area contributed by atoms with Gasteiger partial charge in [0, 0.05) is 24.7 Å². The average Bonchev–Trinajstić information content (AvgIpc) is 3.01. The second-order valence-electron chi connectivity index (χ2n) is 5.00. The number of H-pyrrole nitrogens is 1. The Morgan fingerprint density at radius 1 is 1.29 bits per heavy atom. The molecule has 0 saturated carbocycles. The number of nitrogens with two attached hydrogens (primary N) is 1. The number of aliphatic carboxylic acids is 2. The first-order valence-corrected chi connectivity index (χ1v) is 7.04. The van der Waals surface area contributed by atoms with Gasteiger partial charge in [0.15, 0.2) is 0 Å². The van der Waals surface area contributed by atoms with Crippen LogP contribution in [0.3, 0.4) is 0 Å². The number of carbonyl (C=O) groups is 4. The number of hydrogen-bond acceptors (Lipinski definition) is 6. The quantitative estimate of drug-likeness (QED) is 0.277. The largest absolute Gasteiger partial charge is 0.481 e. The molecule has 1 heterocycles. The van der Waals surface area contributed by atoms with Crippen LogP contribution < -0.4 is 16.4 Å². The highest BCUT2D eigenvalue weighted by Gasteiger charge is 2.22. The third kappa shape index (κ3) is 6.87. The van der Waals surface area contributed by atoms with Crippen LogP contribution in [0.1, 0.15) is 18.5 Å². The van der Waals surface area contributed by atoms with Gasteiger partial charge in [-0.1, -0.05) is 0 Å². The molecule has 0 aromatic carbocycles. The number of nitrogens with zero attached hydrogens (tertiary/aromatic N) is 1. The standard InChI is InChI=1S/C13H19N5O6/c14-8(3-7-4-15-6-17-7)12(22)16-5-10(19)18-9(13(23)24)1-2-11(20)21/h4,6,8-9H,1-3,5,14H2,(H,15,17)(H,16,22)(H,18,19)(H,20,21)(H,23,24). The maximum Gasteiger partial charge on any atom is 0.326 e. The molecule has 0 fully saturated rings. The minimum atomic E-state index is -1.35. The van der Waals surface area contributed by atoms with Crippen LogP contribution in [0.15, 0.2) is 12.5 Å². The number of hydrogen-bond donors (Lipinski definition) is 6. The molecular formula is C13H19N5O6. The highest BCUT2D eigenvalue weighted by molar-refractivity contribution is 5.89. The number of imidazole rings is 1. The smallest absolute Gasteiger partial charge is 0.326 e. The zero-order chi connectivity index (χ0) is 18.1. The van der Waals surface area contributed by atoms with Crippen molar-refractivity contribution in [3.8, 4) is 0 Å². The van der Waals surface area contributed by atoms with Crippen molar-refractivity contribution in [2.75, 3.05) is 6.54 Å². The van der Waals surface area contributed by atoms with E-state index in [0.717, 1.165) is 0 Å². The van der Waals surface area contributed by atoms with E-state index in [1.165, 1.54) is 12.5 Å². The number of amides is 2. The van der Waals surface area contributed by atoms with E-state index < -0.39 is 48.8 Å². The van der Waals surface area contributed by atoms with Crippen LogP contribution in [-0.2, 0) is 25.6 Å². The molecule has 1 rings (SSSR count). The fraction of sp³-hybridized carbons (Fsp3) is 0.462. The molecule has 0 saturated heterocycles. The number of carbonyl (C=O) groups excluding carboxylic acids is 2. The van der Waals surface area contributed by atoms with E-state index in [1.807, 2.05) is 0 Å². The molecule has 11 nitrogen and oxygen atoms in total. The molecule has 132 valence electrons. The Hall–Kier alpha value is -2.95. The van der Waals surface area contributed by atoms with Gasteiger partial charge < -0.3 is 31.6 Å². The molecule has 0 aliphatic heterocycles. The monoisotopic (exact) mass is 341 g/mol. The third-order valence-corrected chi connectivity index (χ3v) is 3.03. The molecule has 11 heteroatoms. The van der Waals surface area contributed by atoms with Crippen LogP contribution in [0.5, 0.6) is 0 Å². The van der Waals surface area contributed by atoms with Gasteiger partial charge in [0.2, 0.25) is 11.8 Å². The zero-order valence-corrected chi connectivity index (χ0v) is 12.7. The lowest BCUT2D eigenvalue weighted by Gasteiger charge is -2.15. The predicted molar refractivity (Wildman–Crippen MR) is 79.7 cm³/mol. The molecule has 1 aromatic rings. The summed E-state index contributed by atoms with van der Waals surface area (Å²) in [6.45, 7) is -0.466.